The molecule has 0 bridgehead atoms. The van der Waals surface area contributed by atoms with Gasteiger partial charge < -0.3 is 25.0 Å². The van der Waals surface area contributed by atoms with Gasteiger partial charge in [-0.05, 0) is 73.5 Å². The molecule has 0 saturated carbocycles. The average molecular weight is 569 g/mol. The molecule has 0 saturated heterocycles. The number of ether oxygens (including phenoxy) is 1. The molecule has 12 heteroatoms. The predicted molar refractivity (Wildman–Crippen MR) is 156 cm³/mol. The number of rotatable bonds is 7. The third-order valence-electron chi connectivity index (χ3n) is 6.90. The zero-order valence-electron chi connectivity index (χ0n) is 23.2. The van der Waals surface area contributed by atoms with Gasteiger partial charge in [0.1, 0.15) is 17.3 Å². The third-order valence-corrected chi connectivity index (χ3v) is 6.90. The second kappa shape index (κ2) is 11.5. The van der Waals surface area contributed by atoms with Gasteiger partial charge in [0.25, 0.3) is 17.4 Å². The van der Waals surface area contributed by atoms with E-state index in [0.717, 1.165) is 11.8 Å². The summed E-state index contributed by atoms with van der Waals surface area (Å²) in [4.78, 5) is 62.1. The molecule has 3 aromatic heterocycles. The lowest BCUT2D eigenvalue weighted by Gasteiger charge is -2.22. The number of aryl methyl sites for hydroxylation is 1. The predicted octanol–water partition coefficient (Wildman–Crippen LogP) is 4.09. The number of hydrogen-bond donors (Lipinski definition) is 2. The number of benzene rings is 1. The van der Waals surface area contributed by atoms with Crippen LogP contribution in [0.3, 0.4) is 0 Å². The Hall–Kier alpha value is -5.52. The van der Waals surface area contributed by atoms with Crippen molar-refractivity contribution < 1.29 is 24.2 Å². The van der Waals surface area contributed by atoms with Crippen molar-refractivity contribution in [3.05, 3.63) is 99.7 Å². The molecule has 42 heavy (non-hydrogen) atoms. The van der Waals surface area contributed by atoms with Crippen LogP contribution in [-0.4, -0.2) is 57.7 Å². The Morgan fingerprint density at radius 2 is 1.86 bits per heavy atom. The fourth-order valence-electron chi connectivity index (χ4n) is 4.72. The molecule has 4 heterocycles. The molecule has 2 N–H and O–H groups in total. The number of aromatic nitrogens is 3. The third kappa shape index (κ3) is 5.29. The van der Waals surface area contributed by atoms with E-state index in [2.05, 4.69) is 15.3 Å². The number of hydrogen-bond acceptors (Lipinski definition) is 8. The zero-order valence-corrected chi connectivity index (χ0v) is 23.2. The van der Waals surface area contributed by atoms with Gasteiger partial charge in [0, 0.05) is 44.2 Å². The molecule has 2 amide bonds. The number of pyridine rings is 3. The summed E-state index contributed by atoms with van der Waals surface area (Å²) in [7, 11) is 1.72. The maximum absolute atomic E-state index is 13.3. The molecule has 0 unspecified atom stereocenters. The van der Waals surface area contributed by atoms with E-state index in [0.29, 0.717) is 58.3 Å². The fourth-order valence-corrected chi connectivity index (χ4v) is 4.72. The van der Waals surface area contributed by atoms with E-state index < -0.39 is 17.6 Å². The van der Waals surface area contributed by atoms with E-state index >= 15 is 0 Å². The molecule has 12 nitrogen and oxygen atoms in total. The van der Waals surface area contributed by atoms with E-state index in [-0.39, 0.29) is 17.2 Å². The molecule has 0 spiro atoms. The first-order valence-electron chi connectivity index (χ1n) is 13.2. The molecule has 0 aliphatic carbocycles. The second-order valence-electron chi connectivity index (χ2n) is 9.58. The Balaban J connectivity index is 1.27. The van der Waals surface area contributed by atoms with Crippen LogP contribution in [0, 0.1) is 6.92 Å². The highest BCUT2D eigenvalue weighted by molar-refractivity contribution is 6.12. The molecule has 0 radical (unpaired) electrons. The summed E-state index contributed by atoms with van der Waals surface area (Å²) in [5.74, 6) is 1.06. The Morgan fingerprint density at radius 3 is 2.60 bits per heavy atom. The lowest BCUT2D eigenvalue weighted by atomic mass is 10.1. The molecular weight excluding hydrogens is 540 g/mol. The minimum absolute atomic E-state index is 0.149. The van der Waals surface area contributed by atoms with Gasteiger partial charge in [0.05, 0.1) is 17.9 Å². The molecule has 4 aromatic rings. The van der Waals surface area contributed by atoms with Crippen LogP contribution in [0.1, 0.15) is 38.8 Å². The first-order chi connectivity index (χ1) is 20.2. The van der Waals surface area contributed by atoms with E-state index in [1.54, 1.807) is 55.5 Å². The lowest BCUT2D eigenvalue weighted by Crippen LogP contribution is -2.29. The van der Waals surface area contributed by atoms with Crippen molar-refractivity contribution in [2.24, 2.45) is 0 Å². The van der Waals surface area contributed by atoms with Gasteiger partial charge >= 0.3 is 6.09 Å². The first kappa shape index (κ1) is 28.0. The van der Waals surface area contributed by atoms with Gasteiger partial charge in [0.2, 0.25) is 0 Å². The normalized spacial score (nSPS) is 12.3. The molecule has 0 atom stereocenters. The molecule has 1 aliphatic rings. The molecule has 0 fully saturated rings. The Kier molecular flexibility index (Phi) is 7.69. The molecule has 5 rings (SSSR count). The average Bonchev–Trinajstić information content (AvgIpc) is 3.07. The van der Waals surface area contributed by atoms with Gasteiger partial charge in [-0.1, -0.05) is 0 Å². The van der Waals surface area contributed by atoms with Crippen LogP contribution in [0.5, 0.6) is 5.75 Å². The highest BCUT2D eigenvalue weighted by Gasteiger charge is 2.30. The van der Waals surface area contributed by atoms with Crippen LogP contribution in [0.25, 0.3) is 0 Å². The first-order valence-corrected chi connectivity index (χ1v) is 13.2. The van der Waals surface area contributed by atoms with Crippen molar-refractivity contribution in [2.45, 2.75) is 20.3 Å². The minimum Gasteiger partial charge on any atom is -0.493 e. The van der Waals surface area contributed by atoms with Crippen LogP contribution < -0.4 is 25.4 Å². The number of fused-ring (bicyclic) bond motifs is 2. The Labute approximate surface area is 240 Å². The summed E-state index contributed by atoms with van der Waals surface area (Å²) >= 11 is 0. The van der Waals surface area contributed by atoms with Crippen LogP contribution >= 0.6 is 0 Å². The summed E-state index contributed by atoms with van der Waals surface area (Å²) in [5, 5.41) is 11.6. The number of amides is 2. The zero-order chi connectivity index (χ0) is 30.0. The number of nitrogens with one attached hydrogen (secondary N) is 1. The van der Waals surface area contributed by atoms with Gasteiger partial charge in [-0.3, -0.25) is 14.4 Å². The molecule has 214 valence electrons. The maximum atomic E-state index is 13.3. The van der Waals surface area contributed by atoms with Gasteiger partial charge in [-0.25, -0.2) is 19.3 Å². The number of nitrogens with zero attached hydrogens (tertiary/aromatic N) is 5. The van der Waals surface area contributed by atoms with Crippen LogP contribution in [-0.2, 0) is 6.42 Å². The molecule has 1 aromatic carbocycles. The van der Waals surface area contributed by atoms with E-state index in [9.17, 15) is 19.2 Å². The van der Waals surface area contributed by atoms with Gasteiger partial charge in [-0.15, -0.1) is 0 Å². The number of carbonyl (C=O) groups excluding carboxylic acids is 2. The lowest BCUT2D eigenvalue weighted by molar-refractivity contribution is 0.0991. The number of carbonyl (C=O) groups is 3. The van der Waals surface area contributed by atoms with Crippen molar-refractivity contribution >= 4 is 40.9 Å². The van der Waals surface area contributed by atoms with Crippen molar-refractivity contribution in [2.75, 3.05) is 35.3 Å². The van der Waals surface area contributed by atoms with E-state index in [1.807, 2.05) is 24.0 Å². The fraction of sp³-hybridized carbons (Fsp3) is 0.200. The topological polar surface area (TPSA) is 147 Å². The highest BCUT2D eigenvalue weighted by atomic mass is 16.5. The summed E-state index contributed by atoms with van der Waals surface area (Å²) in [6, 6.07) is 13.0. The molecule has 1 aliphatic heterocycles. The van der Waals surface area contributed by atoms with Crippen molar-refractivity contribution in [1.29, 1.82) is 0 Å². The Morgan fingerprint density at radius 1 is 1.05 bits per heavy atom. The number of anilines is 4. The van der Waals surface area contributed by atoms with Crippen LogP contribution in [0.15, 0.2) is 71.9 Å². The van der Waals surface area contributed by atoms with Crippen LogP contribution in [0.2, 0.25) is 0 Å². The largest absolute Gasteiger partial charge is 0.493 e. The standard InChI is InChI=1S/C30H28N6O6/c1-4-35-25-21(28(38)34(3)23-8-5-12-31-26(23)35)16-19(17-32-25)11-14-42-24-10-9-20(15-18(24)2)27(37)33-22-7-6-13-36(29(22)39)30(40)41/h5-10,12-13,15-17H,4,11,14H2,1-3H3,(H,33,37)(H,40,41). The second-order valence-corrected chi connectivity index (χ2v) is 9.58. The van der Waals surface area contributed by atoms with Crippen molar-refractivity contribution in [1.82, 2.24) is 14.5 Å². The van der Waals surface area contributed by atoms with Gasteiger partial charge in [-0.2, -0.15) is 0 Å². The maximum Gasteiger partial charge on any atom is 0.418 e. The minimum atomic E-state index is -1.44. The SMILES string of the molecule is CCN1c2ncc(CCOc3ccc(C(=O)Nc4cccn(C(=O)O)c4=O)cc3C)cc2C(=O)N(C)c2cccnc21. The highest BCUT2D eigenvalue weighted by Crippen LogP contribution is 2.37. The van der Waals surface area contributed by atoms with E-state index in [4.69, 9.17) is 9.84 Å². The number of carboxylic acid groups (broad SMARTS) is 1. The summed E-state index contributed by atoms with van der Waals surface area (Å²) in [6.07, 6.45) is 3.57. The van der Waals surface area contributed by atoms with Crippen LogP contribution in [0.4, 0.5) is 27.8 Å². The van der Waals surface area contributed by atoms with Crippen molar-refractivity contribution in [3.63, 3.8) is 0 Å². The summed E-state index contributed by atoms with van der Waals surface area (Å²) < 4.78 is 6.46. The Bertz CT molecular complexity index is 1770. The van der Waals surface area contributed by atoms with Gasteiger partial charge in [0.15, 0.2) is 5.82 Å². The quantitative estimate of drug-likeness (QED) is 0.336. The monoisotopic (exact) mass is 568 g/mol. The summed E-state index contributed by atoms with van der Waals surface area (Å²) in [6.45, 7) is 4.66. The van der Waals surface area contributed by atoms with Crippen molar-refractivity contribution in [3.8, 4) is 5.75 Å². The van der Waals surface area contributed by atoms with E-state index in [1.165, 1.54) is 12.1 Å². The smallest absolute Gasteiger partial charge is 0.418 e. The molecular formula is C30H28N6O6. The summed E-state index contributed by atoms with van der Waals surface area (Å²) in [5.41, 5.74) is 1.99.